The van der Waals surface area contributed by atoms with Gasteiger partial charge in [-0.1, -0.05) is 27.7 Å². The van der Waals surface area contributed by atoms with E-state index in [0.717, 1.165) is 36.5 Å². The van der Waals surface area contributed by atoms with E-state index in [0.29, 0.717) is 0 Å². The standard InChI is InChI=1S/C13H26O/c1-9(2)5-11-6-12(10(3)4)8-13(14)7-11/h9-14H,5-8H2,1-4H3/t11-,12+,13+/m1/s1. The second kappa shape index (κ2) is 5.16. The Morgan fingerprint density at radius 3 is 2.21 bits per heavy atom. The second-order valence-corrected chi connectivity index (χ2v) is 5.86. The van der Waals surface area contributed by atoms with E-state index >= 15 is 0 Å². The van der Waals surface area contributed by atoms with Gasteiger partial charge >= 0.3 is 0 Å². The highest BCUT2D eigenvalue weighted by atomic mass is 16.3. The van der Waals surface area contributed by atoms with Crippen LogP contribution < -0.4 is 0 Å². The summed E-state index contributed by atoms with van der Waals surface area (Å²) in [6.07, 6.45) is 4.68. The molecule has 1 fully saturated rings. The first-order valence-electron chi connectivity index (χ1n) is 6.17. The molecule has 0 unspecified atom stereocenters. The topological polar surface area (TPSA) is 20.2 Å². The Morgan fingerprint density at radius 1 is 1.07 bits per heavy atom. The summed E-state index contributed by atoms with van der Waals surface area (Å²) in [5, 5.41) is 9.81. The molecule has 0 amide bonds. The van der Waals surface area contributed by atoms with Gasteiger partial charge in [0.2, 0.25) is 0 Å². The van der Waals surface area contributed by atoms with E-state index in [1.165, 1.54) is 12.8 Å². The van der Waals surface area contributed by atoms with E-state index < -0.39 is 0 Å². The molecule has 3 atom stereocenters. The molecular formula is C13H26O. The highest BCUT2D eigenvalue weighted by molar-refractivity contribution is 4.80. The largest absolute Gasteiger partial charge is 0.393 e. The normalized spacial score (nSPS) is 34.1. The molecule has 0 aromatic carbocycles. The maximum Gasteiger partial charge on any atom is 0.0545 e. The zero-order chi connectivity index (χ0) is 10.7. The predicted molar refractivity (Wildman–Crippen MR) is 61.1 cm³/mol. The van der Waals surface area contributed by atoms with Gasteiger partial charge in [-0.2, -0.15) is 0 Å². The Bertz CT molecular complexity index is 161. The van der Waals surface area contributed by atoms with Gasteiger partial charge in [-0.25, -0.2) is 0 Å². The zero-order valence-electron chi connectivity index (χ0n) is 10.2. The lowest BCUT2D eigenvalue weighted by molar-refractivity contribution is 0.0484. The number of rotatable bonds is 3. The first-order valence-corrected chi connectivity index (χ1v) is 6.17. The number of aliphatic hydroxyl groups excluding tert-OH is 1. The van der Waals surface area contributed by atoms with Crippen LogP contribution in [0.2, 0.25) is 0 Å². The molecule has 0 radical (unpaired) electrons. The van der Waals surface area contributed by atoms with Crippen LogP contribution in [-0.2, 0) is 0 Å². The van der Waals surface area contributed by atoms with E-state index in [4.69, 9.17) is 0 Å². The summed E-state index contributed by atoms with van der Waals surface area (Å²) in [5.41, 5.74) is 0. The first kappa shape index (κ1) is 12.0. The monoisotopic (exact) mass is 198 g/mol. The molecule has 0 saturated heterocycles. The van der Waals surface area contributed by atoms with Crippen LogP contribution in [0.5, 0.6) is 0 Å². The third-order valence-corrected chi connectivity index (χ3v) is 3.56. The molecule has 1 rings (SSSR count). The molecular weight excluding hydrogens is 172 g/mol. The van der Waals surface area contributed by atoms with Crippen LogP contribution in [0.25, 0.3) is 0 Å². The van der Waals surface area contributed by atoms with Crippen molar-refractivity contribution in [3.8, 4) is 0 Å². The van der Waals surface area contributed by atoms with Crippen molar-refractivity contribution in [1.29, 1.82) is 0 Å². The van der Waals surface area contributed by atoms with Gasteiger partial charge in [0.05, 0.1) is 6.10 Å². The van der Waals surface area contributed by atoms with Crippen LogP contribution in [0.15, 0.2) is 0 Å². The molecule has 84 valence electrons. The lowest BCUT2D eigenvalue weighted by atomic mass is 9.72. The van der Waals surface area contributed by atoms with E-state index in [-0.39, 0.29) is 6.10 Å². The molecule has 0 heterocycles. The summed E-state index contributed by atoms with van der Waals surface area (Å²) in [6.45, 7) is 9.14. The molecule has 0 bridgehead atoms. The first-order chi connectivity index (χ1) is 6.49. The summed E-state index contributed by atoms with van der Waals surface area (Å²) in [7, 11) is 0. The van der Waals surface area contributed by atoms with Crippen molar-refractivity contribution in [3.05, 3.63) is 0 Å². The lowest BCUT2D eigenvalue weighted by Crippen LogP contribution is -2.29. The molecule has 1 aliphatic rings. The van der Waals surface area contributed by atoms with Crippen molar-refractivity contribution in [1.82, 2.24) is 0 Å². The summed E-state index contributed by atoms with van der Waals surface area (Å²) in [6, 6.07) is 0. The van der Waals surface area contributed by atoms with E-state index in [9.17, 15) is 5.11 Å². The zero-order valence-corrected chi connectivity index (χ0v) is 10.2. The second-order valence-electron chi connectivity index (χ2n) is 5.86. The third-order valence-electron chi connectivity index (χ3n) is 3.56. The summed E-state index contributed by atoms with van der Waals surface area (Å²) < 4.78 is 0. The van der Waals surface area contributed by atoms with Crippen LogP contribution in [0.3, 0.4) is 0 Å². The Hall–Kier alpha value is -0.0400. The van der Waals surface area contributed by atoms with Crippen LogP contribution in [-0.4, -0.2) is 11.2 Å². The Balaban J connectivity index is 2.45. The Morgan fingerprint density at radius 2 is 1.71 bits per heavy atom. The third kappa shape index (κ3) is 3.61. The number of hydrogen-bond acceptors (Lipinski definition) is 1. The van der Waals surface area contributed by atoms with Gasteiger partial charge in [-0.3, -0.25) is 0 Å². The van der Waals surface area contributed by atoms with Crippen LogP contribution in [0.4, 0.5) is 0 Å². The SMILES string of the molecule is CC(C)C[C@H]1C[C@H](O)C[C@@H](C(C)C)C1. The van der Waals surface area contributed by atoms with Gasteiger partial charge < -0.3 is 5.11 Å². The highest BCUT2D eigenvalue weighted by Gasteiger charge is 2.29. The highest BCUT2D eigenvalue weighted by Crippen LogP contribution is 2.36. The van der Waals surface area contributed by atoms with Gasteiger partial charge in [0.25, 0.3) is 0 Å². The van der Waals surface area contributed by atoms with Crippen molar-refractivity contribution < 1.29 is 5.11 Å². The quantitative estimate of drug-likeness (QED) is 0.736. The van der Waals surface area contributed by atoms with Gasteiger partial charge in [-0.15, -0.1) is 0 Å². The predicted octanol–water partition coefficient (Wildman–Crippen LogP) is 3.47. The minimum atomic E-state index is -0.0279. The fourth-order valence-corrected chi connectivity index (χ4v) is 2.85. The van der Waals surface area contributed by atoms with Crippen molar-refractivity contribution in [2.24, 2.45) is 23.7 Å². The van der Waals surface area contributed by atoms with Gasteiger partial charge in [-0.05, 0) is 49.4 Å². The lowest BCUT2D eigenvalue weighted by Gasteiger charge is -2.35. The Labute approximate surface area is 88.9 Å². The van der Waals surface area contributed by atoms with Gasteiger partial charge in [0, 0.05) is 0 Å². The van der Waals surface area contributed by atoms with Crippen molar-refractivity contribution in [3.63, 3.8) is 0 Å². The number of hydrogen-bond donors (Lipinski definition) is 1. The molecule has 0 aromatic heterocycles. The fourth-order valence-electron chi connectivity index (χ4n) is 2.85. The molecule has 14 heavy (non-hydrogen) atoms. The minimum Gasteiger partial charge on any atom is -0.393 e. The fraction of sp³-hybridized carbons (Fsp3) is 1.00. The van der Waals surface area contributed by atoms with Crippen LogP contribution in [0.1, 0.15) is 53.4 Å². The molecule has 0 spiro atoms. The van der Waals surface area contributed by atoms with Crippen LogP contribution >= 0.6 is 0 Å². The maximum absolute atomic E-state index is 9.81. The molecule has 1 aliphatic carbocycles. The molecule has 0 aromatic rings. The Kier molecular flexibility index (Phi) is 4.43. The molecule has 0 aliphatic heterocycles. The van der Waals surface area contributed by atoms with Crippen molar-refractivity contribution in [2.75, 3.05) is 0 Å². The summed E-state index contributed by atoms with van der Waals surface area (Å²) in [4.78, 5) is 0. The summed E-state index contributed by atoms with van der Waals surface area (Å²) in [5.74, 6) is 3.03. The molecule has 1 N–H and O–H groups in total. The van der Waals surface area contributed by atoms with Crippen molar-refractivity contribution in [2.45, 2.75) is 59.5 Å². The van der Waals surface area contributed by atoms with Gasteiger partial charge in [0.1, 0.15) is 0 Å². The van der Waals surface area contributed by atoms with Crippen LogP contribution in [0, 0.1) is 23.7 Å². The van der Waals surface area contributed by atoms with E-state index in [2.05, 4.69) is 27.7 Å². The molecule has 1 heteroatoms. The van der Waals surface area contributed by atoms with Crippen molar-refractivity contribution >= 4 is 0 Å². The molecule has 1 nitrogen and oxygen atoms in total. The smallest absolute Gasteiger partial charge is 0.0545 e. The number of aliphatic hydroxyl groups is 1. The molecule has 1 saturated carbocycles. The average Bonchev–Trinajstić information content (AvgIpc) is 2.01. The van der Waals surface area contributed by atoms with E-state index in [1.807, 2.05) is 0 Å². The average molecular weight is 198 g/mol. The summed E-state index contributed by atoms with van der Waals surface area (Å²) >= 11 is 0. The van der Waals surface area contributed by atoms with E-state index in [1.54, 1.807) is 0 Å². The maximum atomic E-state index is 9.81. The minimum absolute atomic E-state index is 0.0279. The van der Waals surface area contributed by atoms with Gasteiger partial charge in [0.15, 0.2) is 0 Å².